The van der Waals surface area contributed by atoms with E-state index in [1.165, 1.54) is 0 Å². The number of carbonyl (C=O) groups is 2. The molecule has 0 saturated heterocycles. The maximum absolute atomic E-state index is 13.9. The van der Waals surface area contributed by atoms with Crippen LogP contribution in [0, 0.1) is 17.8 Å². The average molecular weight is 744 g/mol. The SMILES string of the molecule is COC[C@@H](C)N(C)C(=O)C[C@]1(OC)/C=C/C[C@H](C)[C@@H](C)S(=O)(=O)NC(=O)c2ccc3c(c2)N(CCCCc2cc(Cl)ccc2CO3)C[C@@H]2CC[C@H]21. The summed E-state index contributed by atoms with van der Waals surface area (Å²) in [5, 5.41) is -0.169. The van der Waals surface area contributed by atoms with Crippen molar-refractivity contribution in [1.29, 1.82) is 0 Å². The van der Waals surface area contributed by atoms with Crippen molar-refractivity contribution in [1.82, 2.24) is 9.62 Å². The first-order valence-electron chi connectivity index (χ1n) is 18.1. The van der Waals surface area contributed by atoms with E-state index >= 15 is 0 Å². The maximum atomic E-state index is 13.9. The molecule has 2 bridgehead atoms. The van der Waals surface area contributed by atoms with Crippen LogP contribution in [0.15, 0.2) is 48.6 Å². The lowest BCUT2D eigenvalue weighted by atomic mass is 9.63. The number of likely N-dealkylation sites (N-methyl/N-ethyl adjacent to an activating group) is 1. The maximum Gasteiger partial charge on any atom is 0.264 e. The Labute approximate surface area is 308 Å². The largest absolute Gasteiger partial charge is 0.487 e. The molecule has 1 N–H and O–H groups in total. The number of nitrogens with one attached hydrogen (secondary N) is 1. The van der Waals surface area contributed by atoms with Gasteiger partial charge in [0.25, 0.3) is 5.91 Å². The van der Waals surface area contributed by atoms with E-state index in [-0.39, 0.29) is 41.7 Å². The average Bonchev–Trinajstić information content (AvgIpc) is 3.11. The number of allylic oxidation sites excluding steroid dienone is 1. The van der Waals surface area contributed by atoms with Crippen molar-refractivity contribution in [2.45, 2.75) is 89.2 Å². The van der Waals surface area contributed by atoms with Crippen LogP contribution >= 0.6 is 11.6 Å². The Bertz CT molecular complexity index is 1700. The molecular formula is C39H54ClN3O7S. The number of amides is 2. The van der Waals surface area contributed by atoms with Gasteiger partial charge in [0.05, 0.1) is 35.6 Å². The molecule has 3 aliphatic rings. The van der Waals surface area contributed by atoms with Crippen molar-refractivity contribution < 1.29 is 32.2 Å². The molecule has 10 nitrogen and oxygen atoms in total. The molecule has 5 rings (SSSR count). The third-order valence-electron chi connectivity index (χ3n) is 11.4. The Morgan fingerprint density at radius 3 is 2.63 bits per heavy atom. The number of halogens is 1. The Morgan fingerprint density at radius 1 is 1.14 bits per heavy atom. The minimum atomic E-state index is -4.02. The molecule has 0 unspecified atom stereocenters. The van der Waals surface area contributed by atoms with Gasteiger partial charge in [-0.15, -0.1) is 0 Å². The van der Waals surface area contributed by atoms with Crippen LogP contribution in [-0.2, 0) is 37.3 Å². The summed E-state index contributed by atoms with van der Waals surface area (Å²) in [6.45, 7) is 7.52. The molecule has 1 saturated carbocycles. The van der Waals surface area contributed by atoms with Crippen molar-refractivity contribution in [3.8, 4) is 5.75 Å². The van der Waals surface area contributed by atoms with Crippen molar-refractivity contribution >= 4 is 39.1 Å². The van der Waals surface area contributed by atoms with Gasteiger partial charge in [-0.3, -0.25) is 9.59 Å². The Kier molecular flexibility index (Phi) is 12.8. The number of aryl methyl sites for hydroxylation is 1. The minimum absolute atomic E-state index is 0.0265. The minimum Gasteiger partial charge on any atom is -0.487 e. The molecule has 280 valence electrons. The smallest absolute Gasteiger partial charge is 0.264 e. The van der Waals surface area contributed by atoms with E-state index in [9.17, 15) is 18.0 Å². The zero-order chi connectivity index (χ0) is 36.9. The Hall–Kier alpha value is -3.12. The molecule has 2 amide bonds. The first-order valence-corrected chi connectivity index (χ1v) is 20.0. The summed E-state index contributed by atoms with van der Waals surface area (Å²) in [4.78, 5) is 31.4. The molecule has 2 aromatic carbocycles. The van der Waals surface area contributed by atoms with Crippen LogP contribution in [0.4, 0.5) is 5.69 Å². The van der Waals surface area contributed by atoms with Crippen molar-refractivity contribution in [3.63, 3.8) is 0 Å². The molecule has 2 aliphatic heterocycles. The lowest BCUT2D eigenvalue weighted by Gasteiger charge is -2.50. The van der Waals surface area contributed by atoms with Gasteiger partial charge in [-0.25, -0.2) is 13.1 Å². The van der Waals surface area contributed by atoms with Gasteiger partial charge in [-0.1, -0.05) is 36.7 Å². The highest BCUT2D eigenvalue weighted by atomic mass is 35.5. The van der Waals surface area contributed by atoms with Gasteiger partial charge in [0.2, 0.25) is 15.9 Å². The molecule has 0 spiro atoms. The third-order valence-corrected chi connectivity index (χ3v) is 13.6. The van der Waals surface area contributed by atoms with Gasteiger partial charge >= 0.3 is 0 Å². The van der Waals surface area contributed by atoms with E-state index in [0.29, 0.717) is 43.5 Å². The van der Waals surface area contributed by atoms with E-state index in [2.05, 4.69) is 9.62 Å². The molecule has 2 heterocycles. The fourth-order valence-electron chi connectivity index (χ4n) is 7.62. The summed E-state index contributed by atoms with van der Waals surface area (Å²) in [7, 11) is 1.07. The molecule has 6 atom stereocenters. The van der Waals surface area contributed by atoms with E-state index < -0.39 is 26.8 Å². The van der Waals surface area contributed by atoms with Crippen LogP contribution in [0.1, 0.15) is 80.8 Å². The third kappa shape index (κ3) is 8.92. The first-order chi connectivity index (χ1) is 24.3. The number of rotatable bonds is 6. The van der Waals surface area contributed by atoms with E-state index in [1.54, 1.807) is 51.3 Å². The zero-order valence-corrected chi connectivity index (χ0v) is 32.4. The van der Waals surface area contributed by atoms with Gasteiger partial charge in [0, 0.05) is 44.9 Å². The monoisotopic (exact) mass is 743 g/mol. The topological polar surface area (TPSA) is 114 Å². The predicted octanol–water partition coefficient (Wildman–Crippen LogP) is 6.40. The highest BCUT2D eigenvalue weighted by molar-refractivity contribution is 7.90. The van der Waals surface area contributed by atoms with E-state index in [4.69, 9.17) is 25.8 Å². The second-order valence-electron chi connectivity index (χ2n) is 14.7. The van der Waals surface area contributed by atoms with Gasteiger partial charge in [0.1, 0.15) is 12.4 Å². The second-order valence-corrected chi connectivity index (χ2v) is 17.1. The quantitative estimate of drug-likeness (QED) is 0.339. The van der Waals surface area contributed by atoms with Gasteiger partial charge in [-0.05, 0) is 112 Å². The fraction of sp³-hybridized carbons (Fsp3) is 0.590. The number of fused-ring (bicyclic) bond motifs is 3. The molecule has 12 heteroatoms. The fourth-order valence-corrected chi connectivity index (χ4v) is 9.10. The van der Waals surface area contributed by atoms with E-state index in [1.807, 2.05) is 44.2 Å². The zero-order valence-electron chi connectivity index (χ0n) is 30.8. The number of hydrogen-bond acceptors (Lipinski definition) is 8. The summed E-state index contributed by atoms with van der Waals surface area (Å²) >= 11 is 6.37. The summed E-state index contributed by atoms with van der Waals surface area (Å²) in [6.07, 6.45) is 9.02. The number of methoxy groups -OCH3 is 2. The van der Waals surface area contributed by atoms with E-state index in [0.717, 1.165) is 48.9 Å². The van der Waals surface area contributed by atoms with Crippen molar-refractivity contribution in [3.05, 3.63) is 70.3 Å². The predicted molar refractivity (Wildman–Crippen MR) is 201 cm³/mol. The highest BCUT2D eigenvalue weighted by Crippen LogP contribution is 2.48. The first kappa shape index (κ1) is 39.1. The summed E-state index contributed by atoms with van der Waals surface area (Å²) < 4.78 is 47.6. The van der Waals surface area contributed by atoms with Crippen LogP contribution < -0.4 is 14.4 Å². The molecule has 1 aliphatic carbocycles. The van der Waals surface area contributed by atoms with Gasteiger partial charge in [-0.2, -0.15) is 0 Å². The van der Waals surface area contributed by atoms with Crippen LogP contribution in [0.2, 0.25) is 5.02 Å². The summed E-state index contributed by atoms with van der Waals surface area (Å²) in [6, 6.07) is 10.9. The number of nitrogens with zero attached hydrogens (tertiary/aromatic N) is 2. The Morgan fingerprint density at radius 2 is 1.92 bits per heavy atom. The molecular weight excluding hydrogens is 690 g/mol. The number of sulfonamides is 1. The number of anilines is 1. The second kappa shape index (κ2) is 16.7. The molecule has 0 radical (unpaired) electrons. The number of benzene rings is 2. The molecule has 0 aromatic heterocycles. The molecule has 51 heavy (non-hydrogen) atoms. The van der Waals surface area contributed by atoms with Crippen LogP contribution in [0.3, 0.4) is 0 Å². The number of ether oxygens (including phenoxy) is 3. The standard InChI is InChI=1S/C39H54ClN3O7S/c1-26-10-9-18-39(49-6,22-37(44)42(4)27(2)24-48-5)34-16-13-31(34)23-43-19-8-7-11-29-20-33(40)15-12-32(29)25-50-36-17-14-30(21-35(36)43)38(45)41-51(46,47)28(26)3/h9,12,14-15,17-18,20-21,26-28,31,34H,7-8,10-11,13,16,19,22-25H2,1-6H3,(H,41,45)/b18-9+/t26-,27+,28+,31-,34+,39+/m0/s1. The van der Waals surface area contributed by atoms with Crippen molar-refractivity contribution in [2.75, 3.05) is 45.9 Å². The van der Waals surface area contributed by atoms with Crippen LogP contribution in [0.5, 0.6) is 5.75 Å². The highest BCUT2D eigenvalue weighted by Gasteiger charge is 2.49. The molecule has 2 aromatic rings. The lowest BCUT2D eigenvalue weighted by Crippen LogP contribution is -2.53. The summed E-state index contributed by atoms with van der Waals surface area (Å²) in [5.74, 6) is -0.215. The number of hydrogen-bond donors (Lipinski definition) is 1. The van der Waals surface area contributed by atoms with Crippen LogP contribution in [0.25, 0.3) is 0 Å². The van der Waals surface area contributed by atoms with Gasteiger partial charge in [0.15, 0.2) is 0 Å². The Balaban J connectivity index is 1.57. The van der Waals surface area contributed by atoms with Crippen LogP contribution in [-0.4, -0.2) is 83.0 Å². The summed E-state index contributed by atoms with van der Waals surface area (Å²) in [5.41, 5.74) is 2.28. The number of carbonyl (C=O) groups excluding carboxylic acids is 2. The van der Waals surface area contributed by atoms with Crippen molar-refractivity contribution in [2.24, 2.45) is 17.8 Å². The lowest BCUT2D eigenvalue weighted by molar-refractivity contribution is -0.144. The normalized spacial score (nSPS) is 28.0. The van der Waals surface area contributed by atoms with Gasteiger partial charge < -0.3 is 24.0 Å². The molecule has 1 fully saturated rings.